The van der Waals surface area contributed by atoms with E-state index in [2.05, 4.69) is 0 Å². The lowest BCUT2D eigenvalue weighted by Gasteiger charge is -2.37. The van der Waals surface area contributed by atoms with Gasteiger partial charge in [-0.15, -0.1) is 0 Å². The van der Waals surface area contributed by atoms with Gasteiger partial charge in [0.15, 0.2) is 5.67 Å². The zero-order valence-corrected chi connectivity index (χ0v) is 8.24. The van der Waals surface area contributed by atoms with E-state index >= 15 is 0 Å². The fourth-order valence-corrected chi connectivity index (χ4v) is 2.18. The minimum Gasteiger partial charge on any atom is -0.458 e. The van der Waals surface area contributed by atoms with E-state index in [1.165, 1.54) is 0 Å². The number of rotatable bonds is 1. The van der Waals surface area contributed by atoms with Crippen molar-refractivity contribution < 1.29 is 8.81 Å². The standard InChI is InChI=1S/C12H12FNO/c13-12(6-9(14)7-12)11-5-8-3-1-2-4-10(8)15-11/h1-5,9H,6-7,14H2. The van der Waals surface area contributed by atoms with Gasteiger partial charge in [0.1, 0.15) is 11.3 Å². The highest BCUT2D eigenvalue weighted by molar-refractivity contribution is 5.78. The predicted molar refractivity (Wildman–Crippen MR) is 56.2 cm³/mol. The highest BCUT2D eigenvalue weighted by Crippen LogP contribution is 2.45. The summed E-state index contributed by atoms with van der Waals surface area (Å²) in [4.78, 5) is 0. The first-order valence-electron chi connectivity index (χ1n) is 5.11. The van der Waals surface area contributed by atoms with Gasteiger partial charge in [0.05, 0.1) is 0 Å². The number of benzene rings is 1. The smallest absolute Gasteiger partial charge is 0.171 e. The quantitative estimate of drug-likeness (QED) is 0.777. The Kier molecular flexibility index (Phi) is 1.68. The number of hydrogen-bond acceptors (Lipinski definition) is 2. The predicted octanol–water partition coefficient (Wildman–Crippen LogP) is 2.72. The van der Waals surface area contributed by atoms with Crippen LogP contribution in [0, 0.1) is 0 Å². The number of nitrogens with two attached hydrogens (primary N) is 1. The molecule has 78 valence electrons. The SMILES string of the molecule is NC1CC(F)(c2cc3ccccc3o2)C1. The summed E-state index contributed by atoms with van der Waals surface area (Å²) in [7, 11) is 0. The molecule has 3 heteroatoms. The van der Waals surface area contributed by atoms with Crippen molar-refractivity contribution in [1.29, 1.82) is 0 Å². The largest absolute Gasteiger partial charge is 0.458 e. The summed E-state index contributed by atoms with van der Waals surface area (Å²) in [5.74, 6) is 0.422. The lowest BCUT2D eigenvalue weighted by molar-refractivity contribution is 0.0196. The fraction of sp³-hybridized carbons (Fsp3) is 0.333. The van der Waals surface area contributed by atoms with Crippen LogP contribution in [0.15, 0.2) is 34.7 Å². The maximum atomic E-state index is 14.2. The molecule has 0 bridgehead atoms. The van der Waals surface area contributed by atoms with Crippen molar-refractivity contribution in [3.63, 3.8) is 0 Å². The number of furan rings is 1. The van der Waals surface area contributed by atoms with Gasteiger partial charge < -0.3 is 10.2 Å². The lowest BCUT2D eigenvalue weighted by atomic mass is 9.76. The van der Waals surface area contributed by atoms with Crippen molar-refractivity contribution in [3.05, 3.63) is 36.1 Å². The van der Waals surface area contributed by atoms with Crippen molar-refractivity contribution >= 4 is 11.0 Å². The van der Waals surface area contributed by atoms with Crippen LogP contribution in [0.1, 0.15) is 18.6 Å². The molecular weight excluding hydrogens is 193 g/mol. The third-order valence-electron chi connectivity index (χ3n) is 3.04. The second-order valence-electron chi connectivity index (χ2n) is 4.28. The van der Waals surface area contributed by atoms with E-state index < -0.39 is 5.67 Å². The van der Waals surface area contributed by atoms with E-state index in [0.29, 0.717) is 18.6 Å². The second kappa shape index (κ2) is 2.83. The van der Waals surface area contributed by atoms with E-state index in [0.717, 1.165) is 11.0 Å². The van der Waals surface area contributed by atoms with Crippen molar-refractivity contribution in [3.8, 4) is 0 Å². The number of hydrogen-bond donors (Lipinski definition) is 1. The Bertz CT molecular complexity index is 466. The molecule has 2 N–H and O–H groups in total. The lowest BCUT2D eigenvalue weighted by Crippen LogP contribution is -2.45. The van der Waals surface area contributed by atoms with E-state index in [1.54, 1.807) is 6.07 Å². The van der Waals surface area contributed by atoms with Crippen LogP contribution < -0.4 is 5.73 Å². The first kappa shape index (κ1) is 8.92. The highest BCUT2D eigenvalue weighted by Gasteiger charge is 2.47. The third-order valence-corrected chi connectivity index (χ3v) is 3.04. The van der Waals surface area contributed by atoms with Gasteiger partial charge in [0.25, 0.3) is 0 Å². The first-order valence-corrected chi connectivity index (χ1v) is 5.11. The van der Waals surface area contributed by atoms with Crippen LogP contribution in [-0.2, 0) is 5.67 Å². The van der Waals surface area contributed by atoms with Gasteiger partial charge in [-0.1, -0.05) is 18.2 Å². The molecule has 1 saturated carbocycles. The molecule has 1 aliphatic carbocycles. The van der Waals surface area contributed by atoms with Crippen molar-refractivity contribution in [2.75, 3.05) is 0 Å². The molecule has 1 aromatic carbocycles. The van der Waals surface area contributed by atoms with Crippen LogP contribution in [0.4, 0.5) is 4.39 Å². The molecule has 2 nitrogen and oxygen atoms in total. The van der Waals surface area contributed by atoms with Gasteiger partial charge in [-0.25, -0.2) is 4.39 Å². The summed E-state index contributed by atoms with van der Waals surface area (Å²) in [5, 5.41) is 0.949. The molecule has 3 rings (SSSR count). The van der Waals surface area contributed by atoms with E-state index in [-0.39, 0.29) is 6.04 Å². The summed E-state index contributed by atoms with van der Waals surface area (Å²) in [6.07, 6.45) is 0.736. The van der Waals surface area contributed by atoms with Crippen LogP contribution in [0.5, 0.6) is 0 Å². The number of fused-ring (bicyclic) bond motifs is 1. The second-order valence-corrected chi connectivity index (χ2v) is 4.28. The van der Waals surface area contributed by atoms with Crippen LogP contribution in [0.3, 0.4) is 0 Å². The Balaban J connectivity index is 2.05. The molecule has 1 heterocycles. The van der Waals surface area contributed by atoms with Crippen LogP contribution >= 0.6 is 0 Å². The molecule has 0 spiro atoms. The third kappa shape index (κ3) is 1.27. The van der Waals surface area contributed by atoms with Gasteiger partial charge in [-0.3, -0.25) is 0 Å². The maximum absolute atomic E-state index is 14.2. The molecule has 1 fully saturated rings. The molecule has 15 heavy (non-hydrogen) atoms. The zero-order valence-electron chi connectivity index (χ0n) is 8.24. The highest BCUT2D eigenvalue weighted by atomic mass is 19.1. The van der Waals surface area contributed by atoms with Gasteiger partial charge in [-0.05, 0) is 12.1 Å². The van der Waals surface area contributed by atoms with E-state index in [1.807, 2.05) is 24.3 Å². The van der Waals surface area contributed by atoms with Gasteiger partial charge in [0.2, 0.25) is 0 Å². The Morgan fingerprint density at radius 1 is 1.33 bits per heavy atom. The van der Waals surface area contributed by atoms with Gasteiger partial charge >= 0.3 is 0 Å². The average Bonchev–Trinajstić information content (AvgIpc) is 2.59. The Hall–Kier alpha value is -1.35. The summed E-state index contributed by atoms with van der Waals surface area (Å²) < 4.78 is 19.6. The zero-order chi connectivity index (χ0) is 10.5. The molecule has 0 aliphatic heterocycles. The normalized spacial score (nSPS) is 30.4. The van der Waals surface area contributed by atoms with Gasteiger partial charge in [0, 0.05) is 24.3 Å². The molecule has 0 radical (unpaired) electrons. The van der Waals surface area contributed by atoms with Crippen LogP contribution in [0.25, 0.3) is 11.0 Å². The monoisotopic (exact) mass is 205 g/mol. The van der Waals surface area contributed by atoms with Crippen molar-refractivity contribution in [1.82, 2.24) is 0 Å². The number of alkyl halides is 1. The fourth-order valence-electron chi connectivity index (χ4n) is 2.18. The molecule has 1 aromatic heterocycles. The molecule has 0 unspecified atom stereocenters. The van der Waals surface area contributed by atoms with Crippen LogP contribution in [0.2, 0.25) is 0 Å². The molecular formula is C12H12FNO. The molecule has 2 aromatic rings. The maximum Gasteiger partial charge on any atom is 0.171 e. The summed E-state index contributed by atoms with van der Waals surface area (Å²) in [6, 6.07) is 9.32. The summed E-state index contributed by atoms with van der Waals surface area (Å²) in [6.45, 7) is 0. The Morgan fingerprint density at radius 3 is 2.73 bits per heavy atom. The topological polar surface area (TPSA) is 39.2 Å². The first-order chi connectivity index (χ1) is 7.17. The van der Waals surface area contributed by atoms with E-state index in [9.17, 15) is 4.39 Å². The number of halogens is 1. The van der Waals surface area contributed by atoms with E-state index in [4.69, 9.17) is 10.2 Å². The summed E-state index contributed by atoms with van der Waals surface area (Å²) >= 11 is 0. The minimum atomic E-state index is -1.33. The van der Waals surface area contributed by atoms with Crippen molar-refractivity contribution in [2.24, 2.45) is 5.73 Å². The Morgan fingerprint density at radius 2 is 2.07 bits per heavy atom. The molecule has 1 aliphatic rings. The van der Waals surface area contributed by atoms with Crippen LogP contribution in [-0.4, -0.2) is 6.04 Å². The molecule has 0 amide bonds. The Labute approximate surface area is 86.9 Å². The molecule has 0 atom stereocenters. The average molecular weight is 205 g/mol. The minimum absolute atomic E-state index is 0.0248. The number of para-hydroxylation sites is 1. The summed E-state index contributed by atoms with van der Waals surface area (Å²) in [5.41, 5.74) is 5.01. The molecule has 0 saturated heterocycles. The van der Waals surface area contributed by atoms with Gasteiger partial charge in [-0.2, -0.15) is 0 Å². The van der Waals surface area contributed by atoms with Crippen molar-refractivity contribution in [2.45, 2.75) is 24.6 Å².